The number of hydrogen-bond acceptors (Lipinski definition) is 8. The molecule has 152 valence electrons. The highest BCUT2D eigenvalue weighted by Crippen LogP contribution is 2.30. The fourth-order valence-electron chi connectivity index (χ4n) is 4.08. The van der Waals surface area contributed by atoms with Gasteiger partial charge in [-0.25, -0.2) is 14.5 Å². The van der Waals surface area contributed by atoms with Crippen LogP contribution in [0.3, 0.4) is 0 Å². The van der Waals surface area contributed by atoms with Gasteiger partial charge in [0.2, 0.25) is 11.7 Å². The maximum atomic E-state index is 12.1. The van der Waals surface area contributed by atoms with Crippen molar-refractivity contribution in [3.63, 3.8) is 0 Å². The van der Waals surface area contributed by atoms with Gasteiger partial charge in [0.05, 0.1) is 13.3 Å². The number of nitrogens with zero attached hydrogens (tertiary/aromatic N) is 5. The van der Waals surface area contributed by atoms with Crippen LogP contribution in [0.2, 0.25) is 0 Å². The Hall–Kier alpha value is -2.26. The number of carbonyl (C=O) groups excluding carboxylic acids is 1. The summed E-state index contributed by atoms with van der Waals surface area (Å²) in [5.74, 6) is -0.274. The topological polar surface area (TPSA) is 91.6 Å². The minimum absolute atomic E-state index is 0.0328. The summed E-state index contributed by atoms with van der Waals surface area (Å²) < 4.78 is 18.6. The quantitative estimate of drug-likeness (QED) is 0.719. The zero-order valence-electron chi connectivity index (χ0n) is 16.6. The summed E-state index contributed by atoms with van der Waals surface area (Å²) in [5.41, 5.74) is 0.532. The van der Waals surface area contributed by atoms with E-state index in [4.69, 9.17) is 14.2 Å². The Morgan fingerprint density at radius 3 is 2.82 bits per heavy atom. The van der Waals surface area contributed by atoms with Crippen molar-refractivity contribution < 1.29 is 19.0 Å². The molecule has 0 spiro atoms. The number of hydrogen-bond donors (Lipinski definition) is 0. The van der Waals surface area contributed by atoms with Crippen LogP contribution in [0.1, 0.15) is 55.9 Å². The van der Waals surface area contributed by atoms with Crippen LogP contribution in [0.5, 0.6) is 5.88 Å². The molecule has 2 aliphatic heterocycles. The number of fused-ring (bicyclic) bond motifs is 1. The molecule has 4 heterocycles. The summed E-state index contributed by atoms with van der Waals surface area (Å²) in [7, 11) is 3.42. The third kappa shape index (κ3) is 3.56. The second-order valence-electron chi connectivity index (χ2n) is 7.50. The van der Waals surface area contributed by atoms with Gasteiger partial charge in [-0.1, -0.05) is 0 Å². The lowest BCUT2D eigenvalue weighted by molar-refractivity contribution is -0.0370. The summed E-state index contributed by atoms with van der Waals surface area (Å²) in [6.07, 6.45) is 6.60. The monoisotopic (exact) mass is 389 g/mol. The van der Waals surface area contributed by atoms with E-state index in [0.717, 1.165) is 38.6 Å². The van der Waals surface area contributed by atoms with E-state index >= 15 is 0 Å². The average Bonchev–Trinajstić information content (AvgIpc) is 3.34. The Balaban J connectivity index is 1.71. The highest BCUT2D eigenvalue weighted by atomic mass is 16.5. The van der Waals surface area contributed by atoms with E-state index in [1.165, 1.54) is 7.11 Å². The Morgan fingerprint density at radius 1 is 1.29 bits per heavy atom. The number of likely N-dealkylation sites (N-methyl/N-ethyl adjacent to an activating group) is 1. The minimum Gasteiger partial charge on any atom is -0.472 e. The summed E-state index contributed by atoms with van der Waals surface area (Å²) in [4.78, 5) is 23.2. The number of rotatable bonds is 5. The molecule has 2 fully saturated rings. The van der Waals surface area contributed by atoms with Crippen molar-refractivity contribution >= 4 is 17.0 Å². The highest BCUT2D eigenvalue weighted by molar-refractivity contribution is 5.89. The first-order valence-electron chi connectivity index (χ1n) is 9.90. The van der Waals surface area contributed by atoms with Crippen LogP contribution in [0, 0.1) is 0 Å². The van der Waals surface area contributed by atoms with E-state index in [-0.39, 0.29) is 18.2 Å². The molecule has 2 aromatic heterocycles. The standard InChI is InChI=1S/C19H27N5O4/c1-12(14-7-6-9-23(14)2)28-18-13-11-20-24(15-8-4-5-10-27-15)17(13)21-16(22-18)19(25)26-3/h11-12,14-15H,4-10H2,1-3H3/t12-,14-,15?/m0/s1. The predicted molar refractivity (Wildman–Crippen MR) is 101 cm³/mol. The number of aromatic nitrogens is 4. The fourth-order valence-corrected chi connectivity index (χ4v) is 4.08. The minimum atomic E-state index is -0.602. The van der Waals surface area contributed by atoms with Crippen LogP contribution in [0.25, 0.3) is 11.0 Å². The maximum Gasteiger partial charge on any atom is 0.376 e. The van der Waals surface area contributed by atoms with Gasteiger partial charge in [-0.05, 0) is 52.6 Å². The van der Waals surface area contributed by atoms with Gasteiger partial charge in [-0.2, -0.15) is 10.1 Å². The van der Waals surface area contributed by atoms with Crippen LogP contribution in [0.4, 0.5) is 0 Å². The van der Waals surface area contributed by atoms with Crippen molar-refractivity contribution in [1.82, 2.24) is 24.6 Å². The van der Waals surface area contributed by atoms with Crippen LogP contribution in [-0.4, -0.2) is 70.1 Å². The normalized spacial score (nSPS) is 24.4. The lowest BCUT2D eigenvalue weighted by Gasteiger charge is -2.26. The molecule has 0 radical (unpaired) electrons. The average molecular weight is 389 g/mol. The van der Waals surface area contributed by atoms with Crippen molar-refractivity contribution in [3.05, 3.63) is 12.0 Å². The van der Waals surface area contributed by atoms with E-state index in [1.54, 1.807) is 10.9 Å². The molecule has 28 heavy (non-hydrogen) atoms. The molecule has 3 atom stereocenters. The molecule has 1 unspecified atom stereocenters. The van der Waals surface area contributed by atoms with Gasteiger partial charge in [0.15, 0.2) is 11.9 Å². The number of ether oxygens (including phenoxy) is 3. The molecule has 2 aliphatic rings. The molecule has 4 rings (SSSR count). The first-order valence-corrected chi connectivity index (χ1v) is 9.90. The molecule has 9 heteroatoms. The van der Waals surface area contributed by atoms with Gasteiger partial charge in [-0.15, -0.1) is 0 Å². The van der Waals surface area contributed by atoms with Gasteiger partial charge in [-0.3, -0.25) is 4.90 Å². The molecule has 0 saturated carbocycles. The van der Waals surface area contributed by atoms with Crippen molar-refractivity contribution in [2.24, 2.45) is 0 Å². The predicted octanol–water partition coefficient (Wildman–Crippen LogP) is 2.17. The van der Waals surface area contributed by atoms with E-state index in [2.05, 4.69) is 27.0 Å². The zero-order valence-corrected chi connectivity index (χ0v) is 16.6. The number of methoxy groups -OCH3 is 1. The van der Waals surface area contributed by atoms with Crippen molar-refractivity contribution in [1.29, 1.82) is 0 Å². The summed E-state index contributed by atoms with van der Waals surface area (Å²) in [5, 5.41) is 5.15. The lowest BCUT2D eigenvalue weighted by atomic mass is 10.1. The zero-order chi connectivity index (χ0) is 19.7. The molecule has 9 nitrogen and oxygen atoms in total. The molecular formula is C19H27N5O4. The van der Waals surface area contributed by atoms with Crippen molar-refractivity contribution in [2.45, 2.75) is 57.4 Å². The molecule has 2 saturated heterocycles. The Kier molecular flexibility index (Phi) is 5.45. The summed E-state index contributed by atoms with van der Waals surface area (Å²) in [6.45, 7) is 3.78. The van der Waals surface area contributed by atoms with Crippen molar-refractivity contribution in [3.8, 4) is 5.88 Å². The highest BCUT2D eigenvalue weighted by Gasteiger charge is 2.30. The molecule has 0 amide bonds. The lowest BCUT2D eigenvalue weighted by Crippen LogP contribution is -2.38. The Labute approximate surface area is 164 Å². The Morgan fingerprint density at radius 2 is 2.14 bits per heavy atom. The third-order valence-electron chi connectivity index (χ3n) is 5.63. The second kappa shape index (κ2) is 8.00. The number of esters is 1. The van der Waals surface area contributed by atoms with Crippen LogP contribution in [-0.2, 0) is 9.47 Å². The van der Waals surface area contributed by atoms with E-state index in [9.17, 15) is 4.79 Å². The van der Waals surface area contributed by atoms with Gasteiger partial charge in [0.1, 0.15) is 11.5 Å². The van der Waals surface area contributed by atoms with E-state index in [0.29, 0.717) is 29.6 Å². The summed E-state index contributed by atoms with van der Waals surface area (Å²) >= 11 is 0. The van der Waals surface area contributed by atoms with E-state index < -0.39 is 5.97 Å². The molecule has 0 bridgehead atoms. The second-order valence-corrected chi connectivity index (χ2v) is 7.50. The molecule has 0 N–H and O–H groups in total. The third-order valence-corrected chi connectivity index (χ3v) is 5.63. The van der Waals surface area contributed by atoms with Gasteiger partial charge in [0, 0.05) is 12.6 Å². The van der Waals surface area contributed by atoms with Crippen molar-refractivity contribution in [2.75, 3.05) is 27.3 Å². The van der Waals surface area contributed by atoms with Crippen LogP contribution in [0.15, 0.2) is 6.20 Å². The molecule has 0 aromatic carbocycles. The Bertz CT molecular complexity index is 848. The van der Waals surface area contributed by atoms with Crippen LogP contribution >= 0.6 is 0 Å². The fraction of sp³-hybridized carbons (Fsp3) is 0.684. The van der Waals surface area contributed by atoms with E-state index in [1.807, 2.05) is 6.92 Å². The smallest absolute Gasteiger partial charge is 0.376 e. The maximum absolute atomic E-state index is 12.1. The molecular weight excluding hydrogens is 362 g/mol. The first-order chi connectivity index (χ1) is 13.6. The SMILES string of the molecule is COC(=O)c1nc(O[C@@H](C)[C@@H]2CCCN2C)c2cnn(C3CCCCO3)c2n1. The molecule has 0 aliphatic carbocycles. The largest absolute Gasteiger partial charge is 0.472 e. The number of likely N-dealkylation sites (tertiary alicyclic amines) is 1. The summed E-state index contributed by atoms with van der Waals surface area (Å²) in [6, 6.07) is 0.309. The first kappa shape index (κ1) is 19.1. The number of carbonyl (C=O) groups is 1. The van der Waals surface area contributed by atoms with Gasteiger partial charge in [0.25, 0.3) is 0 Å². The van der Waals surface area contributed by atoms with Crippen LogP contribution < -0.4 is 4.74 Å². The van der Waals surface area contributed by atoms with Gasteiger partial charge >= 0.3 is 5.97 Å². The van der Waals surface area contributed by atoms with Gasteiger partial charge < -0.3 is 14.2 Å². The molecule has 2 aromatic rings.